The van der Waals surface area contributed by atoms with Gasteiger partial charge in [-0.25, -0.2) is 8.42 Å². The van der Waals surface area contributed by atoms with Gasteiger partial charge in [-0.05, 0) is 49.2 Å². The molecule has 0 spiro atoms. The van der Waals surface area contributed by atoms with Gasteiger partial charge in [0.15, 0.2) is 9.84 Å². The van der Waals surface area contributed by atoms with Gasteiger partial charge in [0, 0.05) is 13.1 Å². The SMILES string of the molecule is Cc1ccc(-n2nnnc2S[C@@H](C)C(=O)N(C)[C@H]2CCS(=O)(=O)C2)c(C)c1. The van der Waals surface area contributed by atoms with Crippen molar-refractivity contribution in [3.05, 3.63) is 29.3 Å². The van der Waals surface area contributed by atoms with Crippen molar-refractivity contribution < 1.29 is 13.2 Å². The van der Waals surface area contributed by atoms with Gasteiger partial charge < -0.3 is 4.90 Å². The first-order valence-electron chi connectivity index (χ1n) is 8.68. The largest absolute Gasteiger partial charge is 0.341 e. The minimum atomic E-state index is -3.04. The number of benzene rings is 1. The molecule has 1 saturated heterocycles. The summed E-state index contributed by atoms with van der Waals surface area (Å²) in [5.41, 5.74) is 3.05. The molecule has 2 aromatic rings. The minimum Gasteiger partial charge on any atom is -0.341 e. The molecule has 0 N–H and O–H groups in total. The molecule has 2 heterocycles. The molecule has 27 heavy (non-hydrogen) atoms. The smallest absolute Gasteiger partial charge is 0.235 e. The molecule has 0 bridgehead atoms. The summed E-state index contributed by atoms with van der Waals surface area (Å²) in [5, 5.41) is 12.0. The number of tetrazole rings is 1. The Bertz CT molecular complexity index is 957. The van der Waals surface area contributed by atoms with Crippen molar-refractivity contribution in [1.82, 2.24) is 25.1 Å². The monoisotopic (exact) mass is 409 g/mol. The molecule has 0 radical (unpaired) electrons. The Hall–Kier alpha value is -1.94. The summed E-state index contributed by atoms with van der Waals surface area (Å²) >= 11 is 1.27. The van der Waals surface area contributed by atoms with Gasteiger partial charge in [-0.1, -0.05) is 29.5 Å². The lowest BCUT2D eigenvalue weighted by Crippen LogP contribution is -2.41. The van der Waals surface area contributed by atoms with Crippen LogP contribution in [0.1, 0.15) is 24.5 Å². The molecule has 0 saturated carbocycles. The zero-order valence-electron chi connectivity index (χ0n) is 15.8. The highest BCUT2D eigenvalue weighted by molar-refractivity contribution is 8.00. The van der Waals surface area contributed by atoms with Gasteiger partial charge in [-0.15, -0.1) is 5.10 Å². The summed E-state index contributed by atoms with van der Waals surface area (Å²) < 4.78 is 25.0. The van der Waals surface area contributed by atoms with Crippen molar-refractivity contribution in [2.45, 2.75) is 43.6 Å². The fourth-order valence-corrected chi connectivity index (χ4v) is 5.88. The molecule has 1 aromatic heterocycles. The van der Waals surface area contributed by atoms with E-state index >= 15 is 0 Å². The number of carbonyl (C=O) groups is 1. The maximum atomic E-state index is 12.8. The Morgan fingerprint density at radius 1 is 1.37 bits per heavy atom. The van der Waals surface area contributed by atoms with E-state index in [4.69, 9.17) is 0 Å². The van der Waals surface area contributed by atoms with E-state index in [9.17, 15) is 13.2 Å². The summed E-state index contributed by atoms with van der Waals surface area (Å²) in [6.07, 6.45) is 0.488. The highest BCUT2D eigenvalue weighted by Crippen LogP contribution is 2.27. The van der Waals surface area contributed by atoms with Crippen LogP contribution in [0.3, 0.4) is 0 Å². The van der Waals surface area contributed by atoms with E-state index in [1.165, 1.54) is 11.8 Å². The number of amides is 1. The predicted molar refractivity (Wildman–Crippen MR) is 104 cm³/mol. The van der Waals surface area contributed by atoms with E-state index in [0.29, 0.717) is 11.6 Å². The van der Waals surface area contributed by atoms with E-state index in [1.807, 2.05) is 32.0 Å². The number of rotatable bonds is 5. The number of carbonyl (C=O) groups excluding carboxylic acids is 1. The number of hydrogen-bond donors (Lipinski definition) is 0. The number of aromatic nitrogens is 4. The van der Waals surface area contributed by atoms with Crippen LogP contribution >= 0.6 is 11.8 Å². The van der Waals surface area contributed by atoms with Crippen molar-refractivity contribution in [2.24, 2.45) is 0 Å². The van der Waals surface area contributed by atoms with E-state index in [2.05, 4.69) is 15.5 Å². The number of aryl methyl sites for hydroxylation is 2. The molecule has 1 aromatic carbocycles. The molecule has 146 valence electrons. The molecule has 3 rings (SSSR count). The van der Waals surface area contributed by atoms with Crippen LogP contribution in [0.4, 0.5) is 0 Å². The third-order valence-corrected chi connectivity index (χ3v) is 7.53. The fourth-order valence-electron chi connectivity index (χ4n) is 3.20. The first-order valence-corrected chi connectivity index (χ1v) is 11.4. The molecular formula is C17H23N5O3S2. The van der Waals surface area contributed by atoms with Crippen molar-refractivity contribution in [2.75, 3.05) is 18.6 Å². The summed E-state index contributed by atoms with van der Waals surface area (Å²) in [7, 11) is -1.37. The zero-order valence-corrected chi connectivity index (χ0v) is 17.4. The molecule has 2 atom stereocenters. The molecular weight excluding hydrogens is 386 g/mol. The van der Waals surface area contributed by atoms with Crippen LogP contribution in [-0.2, 0) is 14.6 Å². The minimum absolute atomic E-state index is 0.0346. The van der Waals surface area contributed by atoms with Crippen molar-refractivity contribution in [3.8, 4) is 5.69 Å². The predicted octanol–water partition coefficient (Wildman–Crippen LogP) is 1.41. The Labute approximate surface area is 163 Å². The summed E-state index contributed by atoms with van der Waals surface area (Å²) in [5.74, 6) is 0.0478. The molecule has 1 amide bonds. The molecule has 1 fully saturated rings. The van der Waals surface area contributed by atoms with Gasteiger partial charge in [0.25, 0.3) is 0 Å². The number of sulfone groups is 1. The van der Waals surface area contributed by atoms with Gasteiger partial charge in [0.05, 0.1) is 22.4 Å². The van der Waals surface area contributed by atoms with Crippen molar-refractivity contribution in [3.63, 3.8) is 0 Å². The third-order valence-electron chi connectivity index (χ3n) is 4.76. The van der Waals surface area contributed by atoms with Crippen LogP contribution in [0.2, 0.25) is 0 Å². The van der Waals surface area contributed by atoms with Gasteiger partial charge in [-0.2, -0.15) is 4.68 Å². The highest BCUT2D eigenvalue weighted by atomic mass is 32.2. The molecule has 1 aliphatic heterocycles. The average Bonchev–Trinajstić information content (AvgIpc) is 3.19. The summed E-state index contributed by atoms with van der Waals surface area (Å²) in [4.78, 5) is 14.3. The molecule has 10 heteroatoms. The normalized spacial score (nSPS) is 19.8. The quantitative estimate of drug-likeness (QED) is 0.689. The van der Waals surface area contributed by atoms with Crippen LogP contribution in [0.15, 0.2) is 23.4 Å². The van der Waals surface area contributed by atoms with Crippen LogP contribution in [0, 0.1) is 13.8 Å². The van der Waals surface area contributed by atoms with Crippen LogP contribution in [-0.4, -0.2) is 69.3 Å². The van der Waals surface area contributed by atoms with Crippen molar-refractivity contribution in [1.29, 1.82) is 0 Å². The lowest BCUT2D eigenvalue weighted by atomic mass is 10.1. The zero-order chi connectivity index (χ0) is 19.8. The Balaban J connectivity index is 1.74. The van der Waals surface area contributed by atoms with E-state index in [-0.39, 0.29) is 23.5 Å². The van der Waals surface area contributed by atoms with E-state index < -0.39 is 15.1 Å². The highest BCUT2D eigenvalue weighted by Gasteiger charge is 2.34. The lowest BCUT2D eigenvalue weighted by Gasteiger charge is -2.26. The van der Waals surface area contributed by atoms with Crippen LogP contribution in [0.5, 0.6) is 0 Å². The van der Waals surface area contributed by atoms with E-state index in [1.54, 1.807) is 23.6 Å². The Kier molecular flexibility index (Phi) is 5.57. The molecule has 0 unspecified atom stereocenters. The second kappa shape index (κ2) is 7.59. The standard InChI is InChI=1S/C17H23N5O3S2/c1-11-5-6-15(12(2)9-11)22-17(18-19-20-22)26-13(3)16(23)21(4)14-7-8-27(24,25)10-14/h5-6,9,13-14H,7-8,10H2,1-4H3/t13-,14-/m0/s1. The maximum Gasteiger partial charge on any atom is 0.235 e. The lowest BCUT2D eigenvalue weighted by molar-refractivity contribution is -0.130. The molecule has 0 aliphatic carbocycles. The maximum absolute atomic E-state index is 12.8. The number of nitrogens with zero attached hydrogens (tertiary/aromatic N) is 5. The van der Waals surface area contributed by atoms with Gasteiger partial charge in [0.1, 0.15) is 0 Å². The van der Waals surface area contributed by atoms with Gasteiger partial charge >= 0.3 is 0 Å². The fraction of sp³-hybridized carbons (Fsp3) is 0.529. The first-order chi connectivity index (χ1) is 12.7. The summed E-state index contributed by atoms with van der Waals surface area (Å²) in [6.45, 7) is 5.79. The van der Waals surface area contributed by atoms with Gasteiger partial charge in [-0.3, -0.25) is 4.79 Å². The Morgan fingerprint density at radius 2 is 2.11 bits per heavy atom. The first kappa shape index (κ1) is 19.8. The topological polar surface area (TPSA) is 98.1 Å². The van der Waals surface area contributed by atoms with Gasteiger partial charge in [0.2, 0.25) is 11.1 Å². The number of thioether (sulfide) groups is 1. The van der Waals surface area contributed by atoms with Crippen LogP contribution < -0.4 is 0 Å². The third kappa shape index (κ3) is 4.32. The second-order valence-electron chi connectivity index (χ2n) is 6.93. The van der Waals surface area contributed by atoms with Crippen LogP contribution in [0.25, 0.3) is 5.69 Å². The van der Waals surface area contributed by atoms with E-state index in [0.717, 1.165) is 16.8 Å². The Morgan fingerprint density at radius 3 is 2.74 bits per heavy atom. The average molecular weight is 410 g/mol. The van der Waals surface area contributed by atoms with Crippen molar-refractivity contribution >= 4 is 27.5 Å². The number of hydrogen-bond acceptors (Lipinski definition) is 7. The molecule has 8 nitrogen and oxygen atoms in total. The second-order valence-corrected chi connectivity index (χ2v) is 10.5. The summed E-state index contributed by atoms with van der Waals surface area (Å²) in [6, 6.07) is 5.73. The molecule has 1 aliphatic rings.